The second-order valence-corrected chi connectivity index (χ2v) is 6.52. The van der Waals surface area contributed by atoms with E-state index in [0.717, 1.165) is 13.1 Å². The quantitative estimate of drug-likeness (QED) is 0.794. The summed E-state index contributed by atoms with van der Waals surface area (Å²) in [7, 11) is 1.73. The number of hydrogen-bond acceptors (Lipinski definition) is 3. The lowest BCUT2D eigenvalue weighted by Crippen LogP contribution is -2.48. The molecule has 0 unspecified atom stereocenters. The smallest absolute Gasteiger partial charge is 0.236 e. The molecule has 1 saturated heterocycles. The zero-order valence-electron chi connectivity index (χ0n) is 12.5. The van der Waals surface area contributed by atoms with Crippen molar-refractivity contribution in [2.24, 2.45) is 17.8 Å². The van der Waals surface area contributed by atoms with E-state index in [-0.39, 0.29) is 5.91 Å². The summed E-state index contributed by atoms with van der Waals surface area (Å²) in [5.41, 5.74) is 0. The van der Waals surface area contributed by atoms with Crippen molar-refractivity contribution < 1.29 is 9.53 Å². The number of carbonyl (C=O) groups excluding carboxylic acids is 1. The summed E-state index contributed by atoms with van der Waals surface area (Å²) >= 11 is 0. The molecule has 1 heterocycles. The maximum atomic E-state index is 12.3. The molecule has 1 N–H and O–H groups in total. The Hall–Kier alpha value is -0.610. The minimum absolute atomic E-state index is 0.250. The molecule has 110 valence electrons. The van der Waals surface area contributed by atoms with E-state index in [4.69, 9.17) is 4.74 Å². The highest BCUT2D eigenvalue weighted by Gasteiger charge is 2.32. The van der Waals surface area contributed by atoms with Crippen molar-refractivity contribution in [2.75, 3.05) is 33.4 Å². The SMILES string of the molecule is COC[C@H](NCC(=O)N1C[C@H](C)C[C@@H](C)C1)C1CC1. The third-order valence-corrected chi connectivity index (χ3v) is 4.27. The summed E-state index contributed by atoms with van der Waals surface area (Å²) in [5.74, 6) is 2.23. The molecule has 0 bridgehead atoms. The number of carbonyl (C=O) groups is 1. The van der Waals surface area contributed by atoms with Gasteiger partial charge in [-0.05, 0) is 37.0 Å². The largest absolute Gasteiger partial charge is 0.383 e. The number of likely N-dealkylation sites (tertiary alicyclic amines) is 1. The lowest BCUT2D eigenvalue weighted by Gasteiger charge is -2.35. The van der Waals surface area contributed by atoms with Crippen LogP contribution >= 0.6 is 0 Å². The monoisotopic (exact) mass is 268 g/mol. The molecular weight excluding hydrogens is 240 g/mol. The molecule has 1 amide bonds. The van der Waals surface area contributed by atoms with Gasteiger partial charge in [0.1, 0.15) is 0 Å². The third kappa shape index (κ3) is 4.46. The molecule has 0 aromatic rings. The van der Waals surface area contributed by atoms with Crippen molar-refractivity contribution in [3.05, 3.63) is 0 Å². The average Bonchev–Trinajstić information content (AvgIpc) is 3.17. The molecule has 0 spiro atoms. The van der Waals surface area contributed by atoms with Crippen LogP contribution in [0, 0.1) is 17.8 Å². The van der Waals surface area contributed by atoms with Crippen LogP contribution in [0.3, 0.4) is 0 Å². The number of amides is 1. The molecule has 3 atom stereocenters. The maximum absolute atomic E-state index is 12.3. The van der Waals surface area contributed by atoms with Gasteiger partial charge in [0.25, 0.3) is 0 Å². The van der Waals surface area contributed by atoms with Crippen molar-refractivity contribution in [3.8, 4) is 0 Å². The van der Waals surface area contributed by atoms with Gasteiger partial charge >= 0.3 is 0 Å². The highest BCUT2D eigenvalue weighted by molar-refractivity contribution is 5.78. The zero-order valence-corrected chi connectivity index (χ0v) is 12.5. The number of ether oxygens (including phenoxy) is 1. The van der Waals surface area contributed by atoms with E-state index >= 15 is 0 Å². The summed E-state index contributed by atoms with van der Waals surface area (Å²) < 4.78 is 5.23. The van der Waals surface area contributed by atoms with Gasteiger partial charge in [-0.3, -0.25) is 4.79 Å². The Labute approximate surface area is 116 Å². The molecule has 0 aromatic carbocycles. The van der Waals surface area contributed by atoms with Gasteiger partial charge in [0.15, 0.2) is 0 Å². The second kappa shape index (κ2) is 6.71. The Morgan fingerprint density at radius 2 is 1.95 bits per heavy atom. The van der Waals surface area contributed by atoms with Crippen molar-refractivity contribution in [1.82, 2.24) is 10.2 Å². The lowest BCUT2D eigenvalue weighted by atomic mass is 9.92. The Bertz CT molecular complexity index is 295. The Morgan fingerprint density at radius 3 is 2.47 bits per heavy atom. The molecule has 4 heteroatoms. The van der Waals surface area contributed by atoms with Crippen LogP contribution in [0.1, 0.15) is 33.1 Å². The third-order valence-electron chi connectivity index (χ3n) is 4.27. The summed E-state index contributed by atoms with van der Waals surface area (Å²) in [6.07, 6.45) is 3.78. The van der Waals surface area contributed by atoms with E-state index < -0.39 is 0 Å². The topological polar surface area (TPSA) is 41.6 Å². The first-order chi connectivity index (χ1) is 9.10. The van der Waals surface area contributed by atoms with Gasteiger partial charge in [-0.1, -0.05) is 13.8 Å². The minimum Gasteiger partial charge on any atom is -0.383 e. The number of rotatable bonds is 6. The van der Waals surface area contributed by atoms with Crippen LogP contribution in [0.4, 0.5) is 0 Å². The minimum atomic E-state index is 0.250. The Balaban J connectivity index is 1.76. The second-order valence-electron chi connectivity index (χ2n) is 6.52. The van der Waals surface area contributed by atoms with E-state index in [9.17, 15) is 4.79 Å². The fraction of sp³-hybridized carbons (Fsp3) is 0.933. The van der Waals surface area contributed by atoms with Crippen LogP contribution in [0.25, 0.3) is 0 Å². The Morgan fingerprint density at radius 1 is 1.32 bits per heavy atom. The number of hydrogen-bond donors (Lipinski definition) is 1. The number of methoxy groups -OCH3 is 1. The van der Waals surface area contributed by atoms with Gasteiger partial charge < -0.3 is 15.0 Å². The fourth-order valence-corrected chi connectivity index (χ4v) is 3.24. The Kier molecular flexibility index (Phi) is 5.22. The molecular formula is C15H28N2O2. The molecule has 0 aromatic heterocycles. The maximum Gasteiger partial charge on any atom is 0.236 e. The summed E-state index contributed by atoms with van der Waals surface area (Å²) in [6, 6.07) is 0.355. The first kappa shape index (κ1) is 14.8. The highest BCUT2D eigenvalue weighted by Crippen LogP contribution is 2.32. The molecule has 1 aliphatic carbocycles. The van der Waals surface area contributed by atoms with Gasteiger partial charge in [0.05, 0.1) is 13.2 Å². The highest BCUT2D eigenvalue weighted by atomic mass is 16.5. The summed E-state index contributed by atoms with van der Waals surface area (Å²) in [4.78, 5) is 14.3. The molecule has 2 fully saturated rings. The molecule has 19 heavy (non-hydrogen) atoms. The predicted octanol–water partition coefficient (Wildman–Crippen LogP) is 1.51. The van der Waals surface area contributed by atoms with Crippen LogP contribution in [-0.2, 0) is 9.53 Å². The van der Waals surface area contributed by atoms with Gasteiger partial charge in [-0.2, -0.15) is 0 Å². The molecule has 2 aliphatic rings. The lowest BCUT2D eigenvalue weighted by molar-refractivity contribution is -0.133. The first-order valence-corrected chi connectivity index (χ1v) is 7.60. The molecule has 2 rings (SSSR count). The van der Waals surface area contributed by atoms with E-state index in [2.05, 4.69) is 19.2 Å². The van der Waals surface area contributed by atoms with Gasteiger partial charge in [-0.15, -0.1) is 0 Å². The number of nitrogens with zero attached hydrogens (tertiary/aromatic N) is 1. The van der Waals surface area contributed by atoms with Gasteiger partial charge in [-0.25, -0.2) is 0 Å². The average molecular weight is 268 g/mol. The summed E-state index contributed by atoms with van der Waals surface area (Å²) in [6.45, 7) is 7.49. The van der Waals surface area contributed by atoms with E-state index in [1.54, 1.807) is 7.11 Å². The zero-order chi connectivity index (χ0) is 13.8. The van der Waals surface area contributed by atoms with Crippen LogP contribution in [0.5, 0.6) is 0 Å². The molecule has 1 aliphatic heterocycles. The van der Waals surface area contributed by atoms with Gasteiger partial charge in [0, 0.05) is 26.2 Å². The molecule has 4 nitrogen and oxygen atoms in total. The van der Waals surface area contributed by atoms with Crippen LogP contribution in [-0.4, -0.2) is 50.2 Å². The predicted molar refractivity (Wildman–Crippen MR) is 75.9 cm³/mol. The molecule has 0 radical (unpaired) electrons. The molecule has 1 saturated carbocycles. The van der Waals surface area contributed by atoms with Crippen molar-refractivity contribution >= 4 is 5.91 Å². The standard InChI is InChI=1S/C15H28N2O2/c1-11-6-12(2)9-17(8-11)15(18)7-16-14(10-19-3)13-4-5-13/h11-14,16H,4-10H2,1-3H3/t11-,12-,14+/m1/s1. The summed E-state index contributed by atoms with van der Waals surface area (Å²) in [5, 5.41) is 3.39. The van der Waals surface area contributed by atoms with Crippen LogP contribution in [0.2, 0.25) is 0 Å². The van der Waals surface area contributed by atoms with Gasteiger partial charge in [0.2, 0.25) is 5.91 Å². The first-order valence-electron chi connectivity index (χ1n) is 7.60. The number of piperidine rings is 1. The number of nitrogens with one attached hydrogen (secondary N) is 1. The van der Waals surface area contributed by atoms with Crippen LogP contribution < -0.4 is 5.32 Å². The van der Waals surface area contributed by atoms with Crippen molar-refractivity contribution in [2.45, 2.75) is 39.2 Å². The van der Waals surface area contributed by atoms with Crippen LogP contribution in [0.15, 0.2) is 0 Å². The van der Waals surface area contributed by atoms with E-state index in [1.165, 1.54) is 19.3 Å². The van der Waals surface area contributed by atoms with E-state index in [1.807, 2.05) is 4.90 Å². The van der Waals surface area contributed by atoms with Crippen molar-refractivity contribution in [1.29, 1.82) is 0 Å². The normalized spacial score (nSPS) is 29.3. The van der Waals surface area contributed by atoms with Crippen molar-refractivity contribution in [3.63, 3.8) is 0 Å². The fourth-order valence-electron chi connectivity index (χ4n) is 3.24. The van der Waals surface area contributed by atoms with E-state index in [0.29, 0.717) is 36.9 Å².